The van der Waals surface area contributed by atoms with Crippen LogP contribution in [0.25, 0.3) is 0 Å². The fraction of sp³-hybridized carbons (Fsp3) is 0.583. The van der Waals surface area contributed by atoms with Gasteiger partial charge in [-0.15, -0.1) is 0 Å². The van der Waals surface area contributed by atoms with Crippen molar-refractivity contribution in [3.05, 3.63) is 24.3 Å². The van der Waals surface area contributed by atoms with E-state index in [-0.39, 0.29) is 30.7 Å². The van der Waals surface area contributed by atoms with E-state index in [1.807, 2.05) is 0 Å². The van der Waals surface area contributed by atoms with Crippen molar-refractivity contribution in [3.63, 3.8) is 0 Å². The van der Waals surface area contributed by atoms with E-state index in [9.17, 15) is 19.2 Å². The number of anilines is 2. The quantitative estimate of drug-likeness (QED) is 0.770. The van der Waals surface area contributed by atoms with Crippen LogP contribution in [0.2, 0.25) is 0 Å². The summed E-state index contributed by atoms with van der Waals surface area (Å²) in [6, 6.07) is 5.98. The lowest BCUT2D eigenvalue weighted by Gasteiger charge is -2.31. The highest BCUT2D eigenvalue weighted by Gasteiger charge is 2.41. The van der Waals surface area contributed by atoms with Crippen molar-refractivity contribution in [3.8, 4) is 0 Å². The summed E-state index contributed by atoms with van der Waals surface area (Å²) in [6.07, 6.45) is 0.909. The van der Waals surface area contributed by atoms with Gasteiger partial charge in [-0.3, -0.25) is 14.4 Å². The number of hydrogen-bond donors (Lipinski definition) is 1. The number of amides is 3. The Morgan fingerprint density at radius 3 is 2.16 bits per heavy atom. The van der Waals surface area contributed by atoms with Gasteiger partial charge >= 0.3 is 6.09 Å². The monoisotopic (exact) mass is 443 g/mol. The number of nitrogens with zero attached hydrogens (tertiary/aromatic N) is 2. The van der Waals surface area contributed by atoms with Gasteiger partial charge in [-0.05, 0) is 45.7 Å². The van der Waals surface area contributed by atoms with Crippen molar-refractivity contribution in [2.45, 2.75) is 66.0 Å². The van der Waals surface area contributed by atoms with Gasteiger partial charge in [-0.1, -0.05) is 32.9 Å². The summed E-state index contributed by atoms with van der Waals surface area (Å²) in [5, 5.41) is 2.63. The molecule has 8 nitrogen and oxygen atoms in total. The minimum absolute atomic E-state index is 0.0141. The van der Waals surface area contributed by atoms with E-state index in [1.54, 1.807) is 65.8 Å². The molecule has 2 aliphatic rings. The number of hydrogen-bond acceptors (Lipinski definition) is 5. The van der Waals surface area contributed by atoms with Crippen molar-refractivity contribution < 1.29 is 23.9 Å². The molecule has 1 N–H and O–H groups in total. The molecule has 0 aromatic heterocycles. The van der Waals surface area contributed by atoms with E-state index in [2.05, 4.69) is 5.32 Å². The molecule has 1 aliphatic heterocycles. The lowest BCUT2D eigenvalue weighted by atomic mass is 9.94. The highest BCUT2D eigenvalue weighted by Crippen LogP contribution is 2.37. The Morgan fingerprint density at radius 2 is 1.62 bits per heavy atom. The number of para-hydroxylation sites is 2. The highest BCUT2D eigenvalue weighted by molar-refractivity contribution is 6.11. The maximum Gasteiger partial charge on any atom is 0.408 e. The van der Waals surface area contributed by atoms with Gasteiger partial charge in [0.25, 0.3) is 5.91 Å². The summed E-state index contributed by atoms with van der Waals surface area (Å²) in [7, 11) is 0. The fourth-order valence-electron chi connectivity index (χ4n) is 3.59. The molecule has 1 unspecified atom stereocenters. The Hall–Kier alpha value is -2.90. The molecule has 8 heteroatoms. The number of Topliss-reactive ketones (excluding diaryl/α,β-unsaturated/α-hetero) is 1. The maximum absolute atomic E-state index is 13.6. The fourth-order valence-corrected chi connectivity index (χ4v) is 3.59. The SMILES string of the molecule is CC(C)(C)OC(=O)NC1CN(C(=O)C(C)(C)C)c2ccccc2N(CC(=O)C2CC2)C1=O. The van der Waals surface area contributed by atoms with Crippen LogP contribution in [0.4, 0.5) is 16.2 Å². The lowest BCUT2D eigenvalue weighted by molar-refractivity contribution is -0.126. The number of ketones is 1. The van der Waals surface area contributed by atoms with Crippen molar-refractivity contribution in [2.24, 2.45) is 11.3 Å². The Morgan fingerprint density at radius 1 is 1.03 bits per heavy atom. The number of fused-ring (bicyclic) bond motifs is 1. The molecule has 32 heavy (non-hydrogen) atoms. The molecule has 0 bridgehead atoms. The molecule has 3 rings (SSSR count). The Labute approximate surface area is 189 Å². The van der Waals surface area contributed by atoms with E-state index < -0.39 is 29.1 Å². The van der Waals surface area contributed by atoms with Crippen LogP contribution in [-0.2, 0) is 19.1 Å². The zero-order chi connectivity index (χ0) is 23.8. The standard InChI is InChI=1S/C24H33N3O5/c1-23(2,3)21(30)27-13-16(25-22(31)32-24(4,5)6)20(29)26(14-19(28)15-11-12-15)17-9-7-8-10-18(17)27/h7-10,15-16H,11-14H2,1-6H3,(H,25,31). The molecule has 0 saturated heterocycles. The van der Waals surface area contributed by atoms with Gasteiger partial charge in [0, 0.05) is 11.3 Å². The number of carbonyl (C=O) groups excluding carboxylic acids is 4. The van der Waals surface area contributed by atoms with E-state index in [4.69, 9.17) is 4.74 Å². The molecule has 0 radical (unpaired) electrons. The summed E-state index contributed by atoms with van der Waals surface area (Å²) in [5.74, 6) is -0.673. The van der Waals surface area contributed by atoms with Crippen molar-refractivity contribution >= 4 is 35.1 Å². The predicted molar refractivity (Wildman–Crippen MR) is 121 cm³/mol. The second kappa shape index (κ2) is 8.56. The van der Waals surface area contributed by atoms with Crippen LogP contribution in [0, 0.1) is 11.3 Å². The molecule has 3 amide bonds. The van der Waals surface area contributed by atoms with E-state index in [1.165, 1.54) is 9.80 Å². The van der Waals surface area contributed by atoms with Gasteiger partial charge in [-0.25, -0.2) is 4.79 Å². The van der Waals surface area contributed by atoms with Gasteiger partial charge in [0.2, 0.25) is 5.91 Å². The number of carbonyl (C=O) groups is 4. The number of alkyl carbamates (subject to hydrolysis) is 1. The largest absolute Gasteiger partial charge is 0.444 e. The predicted octanol–water partition coefficient (Wildman–Crippen LogP) is 3.28. The van der Waals surface area contributed by atoms with Crippen molar-refractivity contribution in [1.29, 1.82) is 0 Å². The Bertz CT molecular complexity index is 924. The average Bonchev–Trinajstić information content (AvgIpc) is 3.51. The van der Waals surface area contributed by atoms with Crippen LogP contribution in [-0.4, -0.2) is 48.4 Å². The molecule has 1 aliphatic carbocycles. The van der Waals surface area contributed by atoms with Gasteiger partial charge in [0.1, 0.15) is 11.6 Å². The maximum atomic E-state index is 13.6. The van der Waals surface area contributed by atoms with Gasteiger partial charge in [-0.2, -0.15) is 0 Å². The summed E-state index contributed by atoms with van der Waals surface area (Å²) >= 11 is 0. The summed E-state index contributed by atoms with van der Waals surface area (Å²) < 4.78 is 5.34. The van der Waals surface area contributed by atoms with Gasteiger partial charge < -0.3 is 19.9 Å². The van der Waals surface area contributed by atoms with Crippen LogP contribution in [0.15, 0.2) is 24.3 Å². The number of ether oxygens (including phenoxy) is 1. The van der Waals surface area contributed by atoms with E-state index in [0.717, 1.165) is 12.8 Å². The molecule has 1 fully saturated rings. The number of rotatable bonds is 4. The first-order valence-electron chi connectivity index (χ1n) is 11.0. The molecule has 1 atom stereocenters. The highest BCUT2D eigenvalue weighted by atomic mass is 16.6. The molecular weight excluding hydrogens is 410 g/mol. The zero-order valence-electron chi connectivity index (χ0n) is 19.7. The molecule has 0 spiro atoms. The molecule has 1 heterocycles. The third-order valence-electron chi connectivity index (χ3n) is 5.32. The lowest BCUT2D eigenvalue weighted by Crippen LogP contribution is -2.55. The second-order valence-electron chi connectivity index (χ2n) is 10.5. The molecule has 1 aromatic rings. The first-order chi connectivity index (χ1) is 14.8. The first kappa shape index (κ1) is 23.8. The first-order valence-corrected chi connectivity index (χ1v) is 11.0. The molecule has 1 saturated carbocycles. The smallest absolute Gasteiger partial charge is 0.408 e. The summed E-state index contributed by atoms with van der Waals surface area (Å²) in [5.41, 5.74) is -0.440. The van der Waals surface area contributed by atoms with Gasteiger partial charge in [0.05, 0.1) is 24.5 Å². The molecular formula is C24H33N3O5. The number of nitrogens with one attached hydrogen (secondary N) is 1. The molecule has 1 aromatic carbocycles. The Kier molecular flexibility index (Phi) is 6.36. The minimum Gasteiger partial charge on any atom is -0.444 e. The van der Waals surface area contributed by atoms with Crippen molar-refractivity contribution in [2.75, 3.05) is 22.9 Å². The summed E-state index contributed by atoms with van der Waals surface area (Å²) in [6.45, 7) is 10.4. The second-order valence-corrected chi connectivity index (χ2v) is 10.5. The molecule has 174 valence electrons. The normalized spacial score (nSPS) is 19.2. The minimum atomic E-state index is -1.06. The number of benzene rings is 1. The summed E-state index contributed by atoms with van der Waals surface area (Å²) in [4.78, 5) is 55.0. The Balaban J connectivity index is 2.02. The van der Waals surface area contributed by atoms with Crippen LogP contribution in [0.1, 0.15) is 54.4 Å². The average molecular weight is 444 g/mol. The van der Waals surface area contributed by atoms with E-state index >= 15 is 0 Å². The van der Waals surface area contributed by atoms with Crippen LogP contribution >= 0.6 is 0 Å². The van der Waals surface area contributed by atoms with E-state index in [0.29, 0.717) is 11.4 Å². The third kappa shape index (κ3) is 5.47. The zero-order valence-corrected chi connectivity index (χ0v) is 19.7. The third-order valence-corrected chi connectivity index (χ3v) is 5.32. The van der Waals surface area contributed by atoms with Gasteiger partial charge in [0.15, 0.2) is 5.78 Å². The topological polar surface area (TPSA) is 96.0 Å². The van der Waals surface area contributed by atoms with Crippen LogP contribution in [0.3, 0.4) is 0 Å². The van der Waals surface area contributed by atoms with Crippen molar-refractivity contribution in [1.82, 2.24) is 5.32 Å². The van der Waals surface area contributed by atoms with Crippen LogP contribution in [0.5, 0.6) is 0 Å². The van der Waals surface area contributed by atoms with Crippen LogP contribution < -0.4 is 15.1 Å².